The molecule has 0 fully saturated rings. The standard InChI is InChI=1S/C13H13NO6S2/c15-10-1-5-12(6-2-10)21(17,18)9-14-22(19,20)13-7-3-11(16)4-8-13/h1-8,14-16H,9H2. The van der Waals surface area contributed by atoms with E-state index in [2.05, 4.69) is 0 Å². The third-order valence-electron chi connectivity index (χ3n) is 2.78. The molecule has 0 saturated carbocycles. The van der Waals surface area contributed by atoms with Crippen LogP contribution in [0.25, 0.3) is 0 Å². The highest BCUT2D eigenvalue weighted by Crippen LogP contribution is 2.17. The summed E-state index contributed by atoms with van der Waals surface area (Å²) in [4.78, 5) is -0.273. The van der Waals surface area contributed by atoms with E-state index in [0.717, 1.165) is 12.1 Å². The van der Waals surface area contributed by atoms with Crippen molar-refractivity contribution in [3.8, 4) is 11.5 Å². The number of nitrogens with one attached hydrogen (secondary N) is 1. The van der Waals surface area contributed by atoms with Crippen molar-refractivity contribution in [2.45, 2.75) is 9.79 Å². The van der Waals surface area contributed by atoms with Gasteiger partial charge in [-0.05, 0) is 48.5 Å². The maximum atomic E-state index is 12.0. The first-order chi connectivity index (χ1) is 10.2. The Hall–Kier alpha value is -2.10. The summed E-state index contributed by atoms with van der Waals surface area (Å²) in [7, 11) is -7.89. The highest BCUT2D eigenvalue weighted by Gasteiger charge is 2.20. The first-order valence-electron chi connectivity index (χ1n) is 6.01. The van der Waals surface area contributed by atoms with Crippen molar-refractivity contribution in [1.82, 2.24) is 4.72 Å². The summed E-state index contributed by atoms with van der Waals surface area (Å²) in [5.41, 5.74) is 0. The predicted molar refractivity (Wildman–Crippen MR) is 78.6 cm³/mol. The Morgan fingerprint density at radius 1 is 0.727 bits per heavy atom. The Bertz CT molecular complexity index is 780. The molecule has 9 heteroatoms. The minimum absolute atomic E-state index is 0.0939. The Labute approximate surface area is 127 Å². The second kappa shape index (κ2) is 5.95. The first-order valence-corrected chi connectivity index (χ1v) is 9.15. The molecule has 0 heterocycles. The summed E-state index contributed by atoms with van der Waals surface area (Å²) in [6, 6.07) is 9.43. The van der Waals surface area contributed by atoms with E-state index in [1.807, 2.05) is 4.72 Å². The fraction of sp³-hybridized carbons (Fsp3) is 0.0769. The van der Waals surface area contributed by atoms with Gasteiger partial charge < -0.3 is 10.2 Å². The highest BCUT2D eigenvalue weighted by atomic mass is 32.2. The minimum Gasteiger partial charge on any atom is -0.508 e. The van der Waals surface area contributed by atoms with Gasteiger partial charge in [-0.25, -0.2) is 16.8 Å². The van der Waals surface area contributed by atoms with Crippen molar-refractivity contribution < 1.29 is 27.0 Å². The molecule has 0 aromatic heterocycles. The lowest BCUT2D eigenvalue weighted by molar-refractivity contribution is 0.474. The van der Waals surface area contributed by atoms with Crippen molar-refractivity contribution in [2.24, 2.45) is 0 Å². The maximum Gasteiger partial charge on any atom is 0.241 e. The van der Waals surface area contributed by atoms with E-state index in [-0.39, 0.29) is 21.3 Å². The van der Waals surface area contributed by atoms with E-state index in [4.69, 9.17) is 10.2 Å². The Morgan fingerprint density at radius 2 is 1.14 bits per heavy atom. The Kier molecular flexibility index (Phi) is 4.40. The van der Waals surface area contributed by atoms with Crippen molar-refractivity contribution >= 4 is 19.9 Å². The Morgan fingerprint density at radius 3 is 1.59 bits per heavy atom. The zero-order valence-electron chi connectivity index (χ0n) is 11.2. The monoisotopic (exact) mass is 343 g/mol. The summed E-state index contributed by atoms with van der Waals surface area (Å²) >= 11 is 0. The van der Waals surface area contributed by atoms with E-state index in [9.17, 15) is 16.8 Å². The second-order valence-corrected chi connectivity index (χ2v) is 8.15. The summed E-state index contributed by atoms with van der Waals surface area (Å²) < 4.78 is 50.0. The van der Waals surface area contributed by atoms with E-state index >= 15 is 0 Å². The van der Waals surface area contributed by atoms with Gasteiger partial charge in [-0.1, -0.05) is 0 Å². The molecule has 118 valence electrons. The number of phenolic OH excluding ortho intramolecular Hbond substituents is 2. The van der Waals surface area contributed by atoms with Crippen molar-refractivity contribution in [1.29, 1.82) is 0 Å². The highest BCUT2D eigenvalue weighted by molar-refractivity contribution is 7.94. The fourth-order valence-electron chi connectivity index (χ4n) is 1.60. The van der Waals surface area contributed by atoms with Gasteiger partial charge in [0.05, 0.1) is 9.79 Å². The van der Waals surface area contributed by atoms with Gasteiger partial charge in [0.15, 0.2) is 9.84 Å². The van der Waals surface area contributed by atoms with Gasteiger partial charge in [0, 0.05) is 0 Å². The van der Waals surface area contributed by atoms with Crippen LogP contribution in [0.3, 0.4) is 0 Å². The third kappa shape index (κ3) is 3.75. The normalized spacial score (nSPS) is 12.2. The lowest BCUT2D eigenvalue weighted by atomic mass is 10.3. The quantitative estimate of drug-likeness (QED) is 0.739. The summed E-state index contributed by atoms with van der Waals surface area (Å²) in [5.74, 6) is -1.01. The molecule has 0 aliphatic rings. The average Bonchev–Trinajstić information content (AvgIpc) is 2.46. The minimum atomic E-state index is -4.02. The van der Waals surface area contributed by atoms with Gasteiger partial charge in [-0.15, -0.1) is 0 Å². The first kappa shape index (κ1) is 16.3. The fourth-order valence-corrected chi connectivity index (χ4v) is 4.22. The predicted octanol–water partition coefficient (Wildman–Crippen LogP) is 0.807. The van der Waals surface area contributed by atoms with Crippen LogP contribution >= 0.6 is 0 Å². The molecule has 2 aromatic rings. The van der Waals surface area contributed by atoms with Crippen LogP contribution in [-0.2, 0) is 19.9 Å². The largest absolute Gasteiger partial charge is 0.508 e. The Balaban J connectivity index is 2.17. The molecular weight excluding hydrogens is 330 g/mol. The van der Waals surface area contributed by atoms with E-state index in [1.165, 1.54) is 36.4 Å². The average molecular weight is 343 g/mol. The van der Waals surface area contributed by atoms with E-state index in [0.29, 0.717) is 0 Å². The number of hydrogen-bond acceptors (Lipinski definition) is 6. The smallest absolute Gasteiger partial charge is 0.241 e. The molecule has 7 nitrogen and oxygen atoms in total. The van der Waals surface area contributed by atoms with Crippen molar-refractivity contribution in [3.05, 3.63) is 48.5 Å². The van der Waals surface area contributed by atoms with Gasteiger partial charge >= 0.3 is 0 Å². The lowest BCUT2D eigenvalue weighted by Crippen LogP contribution is -2.29. The molecule has 0 radical (unpaired) electrons. The number of sulfonamides is 1. The molecule has 0 aliphatic heterocycles. The number of rotatable bonds is 5. The van der Waals surface area contributed by atoms with Gasteiger partial charge in [0.2, 0.25) is 10.0 Å². The van der Waals surface area contributed by atoms with Gasteiger partial charge in [0.1, 0.15) is 17.4 Å². The molecule has 0 amide bonds. The van der Waals surface area contributed by atoms with Crippen molar-refractivity contribution in [3.63, 3.8) is 0 Å². The number of hydrogen-bond donors (Lipinski definition) is 3. The molecule has 2 aromatic carbocycles. The van der Waals surface area contributed by atoms with Gasteiger partial charge in [-0.3, -0.25) is 0 Å². The van der Waals surface area contributed by atoms with Crippen LogP contribution in [0.5, 0.6) is 11.5 Å². The molecule has 22 heavy (non-hydrogen) atoms. The van der Waals surface area contributed by atoms with E-state index < -0.39 is 25.7 Å². The van der Waals surface area contributed by atoms with Crippen LogP contribution in [-0.4, -0.2) is 32.9 Å². The number of aromatic hydroxyl groups is 2. The molecule has 2 rings (SSSR count). The van der Waals surface area contributed by atoms with Crippen LogP contribution < -0.4 is 4.72 Å². The number of sulfone groups is 1. The van der Waals surface area contributed by atoms with Gasteiger partial charge in [-0.2, -0.15) is 4.72 Å². The summed E-state index contributed by atoms with van der Waals surface area (Å²) in [6.07, 6.45) is 0. The number of phenols is 2. The molecule has 0 bridgehead atoms. The van der Waals surface area contributed by atoms with Crippen LogP contribution in [0.2, 0.25) is 0 Å². The summed E-state index contributed by atoms with van der Waals surface area (Å²) in [6.45, 7) is 0. The van der Waals surface area contributed by atoms with Gasteiger partial charge in [0.25, 0.3) is 0 Å². The SMILES string of the molecule is O=S(=O)(CNS(=O)(=O)c1ccc(O)cc1)c1ccc(O)cc1. The molecule has 0 spiro atoms. The third-order valence-corrected chi connectivity index (χ3v) is 5.90. The maximum absolute atomic E-state index is 12.0. The second-order valence-electron chi connectivity index (χ2n) is 4.39. The molecule has 0 saturated heterocycles. The molecule has 3 N–H and O–H groups in total. The van der Waals surface area contributed by atoms with Crippen LogP contribution in [0.1, 0.15) is 0 Å². The number of benzene rings is 2. The summed E-state index contributed by atoms with van der Waals surface area (Å²) in [5, 5.41) is 18.2. The van der Waals surface area contributed by atoms with Crippen LogP contribution in [0.15, 0.2) is 58.3 Å². The zero-order valence-corrected chi connectivity index (χ0v) is 12.8. The lowest BCUT2D eigenvalue weighted by Gasteiger charge is -2.08. The molecule has 0 atom stereocenters. The molecule has 0 unspecified atom stereocenters. The topological polar surface area (TPSA) is 121 Å². The van der Waals surface area contributed by atoms with Crippen molar-refractivity contribution in [2.75, 3.05) is 5.88 Å². The molecule has 0 aliphatic carbocycles. The zero-order chi connectivity index (χ0) is 16.4. The van der Waals surface area contributed by atoms with E-state index in [1.54, 1.807) is 0 Å². The molecular formula is C13H13NO6S2. The van der Waals surface area contributed by atoms with Crippen LogP contribution in [0.4, 0.5) is 0 Å². The van der Waals surface area contributed by atoms with Crippen LogP contribution in [0, 0.1) is 0 Å².